The third-order valence-corrected chi connectivity index (χ3v) is 8.48. The normalized spacial score (nSPS) is 14.5. The molecule has 0 saturated heterocycles. The van der Waals surface area contributed by atoms with Crippen molar-refractivity contribution in [2.24, 2.45) is 0 Å². The molecule has 3 aromatic rings. The summed E-state index contributed by atoms with van der Waals surface area (Å²) in [6, 6.07) is 22.6. The fourth-order valence-corrected chi connectivity index (χ4v) is 5.83. The highest BCUT2D eigenvalue weighted by Crippen LogP contribution is 2.29. The van der Waals surface area contributed by atoms with Crippen LogP contribution in [0.15, 0.2) is 77.3 Å². The van der Waals surface area contributed by atoms with E-state index in [4.69, 9.17) is 16.3 Å². The summed E-state index contributed by atoms with van der Waals surface area (Å²) in [4.78, 5) is 29.4. The van der Waals surface area contributed by atoms with E-state index in [9.17, 15) is 9.59 Å². The summed E-state index contributed by atoms with van der Waals surface area (Å²) >= 11 is 10.1. The average Bonchev–Trinajstić information content (AvgIpc) is 2.96. The second-order valence-corrected chi connectivity index (χ2v) is 12.1. The van der Waals surface area contributed by atoms with Crippen LogP contribution in [0.1, 0.15) is 68.6 Å². The molecule has 5 nitrogen and oxygen atoms in total. The first-order valence-corrected chi connectivity index (χ1v) is 15.3. The van der Waals surface area contributed by atoms with Gasteiger partial charge in [0.15, 0.2) is 6.61 Å². The molecule has 2 amide bonds. The largest absolute Gasteiger partial charge is 0.483 e. The predicted molar refractivity (Wildman–Crippen MR) is 165 cm³/mol. The molecule has 7 heteroatoms. The Kier molecular flexibility index (Phi) is 11.1. The Morgan fingerprint density at radius 2 is 1.70 bits per heavy atom. The molecule has 0 spiro atoms. The van der Waals surface area contributed by atoms with Crippen molar-refractivity contribution < 1.29 is 14.3 Å². The highest BCUT2D eigenvalue weighted by atomic mass is 79.9. The third kappa shape index (κ3) is 8.34. The molecular formula is C33H38BrClN2O3. The average molecular weight is 626 g/mol. The number of hydrogen-bond acceptors (Lipinski definition) is 3. The zero-order valence-corrected chi connectivity index (χ0v) is 25.6. The zero-order valence-electron chi connectivity index (χ0n) is 23.2. The van der Waals surface area contributed by atoms with Crippen molar-refractivity contribution in [2.45, 2.75) is 76.9 Å². The third-order valence-electron chi connectivity index (χ3n) is 7.49. The molecule has 1 fully saturated rings. The molecule has 3 aromatic carbocycles. The molecule has 4 rings (SSSR count). The molecule has 0 heterocycles. The van der Waals surface area contributed by atoms with Crippen LogP contribution in [0.5, 0.6) is 5.75 Å². The van der Waals surface area contributed by atoms with E-state index in [-0.39, 0.29) is 31.0 Å². The Balaban J connectivity index is 1.62. The minimum Gasteiger partial charge on any atom is -0.483 e. The Morgan fingerprint density at radius 1 is 1.00 bits per heavy atom. The quantitative estimate of drug-likeness (QED) is 0.238. The zero-order chi connectivity index (χ0) is 28.5. The van der Waals surface area contributed by atoms with E-state index in [1.165, 1.54) is 12.0 Å². The number of carbonyl (C=O) groups excluding carboxylic acids is 2. The highest BCUT2D eigenvalue weighted by molar-refractivity contribution is 9.10. The maximum absolute atomic E-state index is 13.9. The summed E-state index contributed by atoms with van der Waals surface area (Å²) < 4.78 is 6.80. The molecule has 1 atom stereocenters. The first kappa shape index (κ1) is 30.1. The highest BCUT2D eigenvalue weighted by Gasteiger charge is 2.32. The van der Waals surface area contributed by atoms with Crippen molar-refractivity contribution in [1.29, 1.82) is 0 Å². The summed E-state index contributed by atoms with van der Waals surface area (Å²) in [6.07, 6.45) is 5.73. The lowest BCUT2D eigenvalue weighted by Gasteiger charge is -2.33. The number of halogens is 2. The SMILES string of the molecule is CC(C)c1ccc(OCC(=O)N(Cc2ccccc2Cl)C(Cc2ccccc2)C(=O)NC2CCCCC2)c(Br)c1. The van der Waals surface area contributed by atoms with Crippen LogP contribution in [-0.4, -0.2) is 35.4 Å². The van der Waals surface area contributed by atoms with Gasteiger partial charge in [0.25, 0.3) is 5.91 Å². The van der Waals surface area contributed by atoms with Gasteiger partial charge >= 0.3 is 0 Å². The summed E-state index contributed by atoms with van der Waals surface area (Å²) in [5.41, 5.74) is 2.94. The van der Waals surface area contributed by atoms with E-state index in [1.54, 1.807) is 11.0 Å². The van der Waals surface area contributed by atoms with E-state index >= 15 is 0 Å². The summed E-state index contributed by atoms with van der Waals surface area (Å²) in [5, 5.41) is 3.82. The van der Waals surface area contributed by atoms with Gasteiger partial charge in [-0.15, -0.1) is 0 Å². The van der Waals surface area contributed by atoms with Crippen LogP contribution in [0.4, 0.5) is 0 Å². The van der Waals surface area contributed by atoms with E-state index in [0.29, 0.717) is 23.1 Å². The van der Waals surface area contributed by atoms with Crippen LogP contribution in [0.25, 0.3) is 0 Å². The lowest BCUT2D eigenvalue weighted by atomic mass is 9.94. The Hall–Kier alpha value is -2.83. The van der Waals surface area contributed by atoms with Crippen molar-refractivity contribution >= 4 is 39.3 Å². The lowest BCUT2D eigenvalue weighted by Crippen LogP contribution is -2.53. The van der Waals surface area contributed by atoms with E-state index < -0.39 is 6.04 Å². The number of amides is 2. The molecule has 1 saturated carbocycles. The second kappa shape index (κ2) is 14.7. The van der Waals surface area contributed by atoms with Crippen molar-refractivity contribution in [3.63, 3.8) is 0 Å². The Bertz CT molecular complexity index is 1280. The van der Waals surface area contributed by atoms with E-state index in [2.05, 4.69) is 35.1 Å². The van der Waals surface area contributed by atoms with Gasteiger partial charge in [-0.1, -0.05) is 99.3 Å². The minimum atomic E-state index is -0.719. The van der Waals surface area contributed by atoms with Crippen LogP contribution < -0.4 is 10.1 Å². The smallest absolute Gasteiger partial charge is 0.261 e. The first-order chi connectivity index (χ1) is 19.3. The number of nitrogens with one attached hydrogen (secondary N) is 1. The maximum Gasteiger partial charge on any atom is 0.261 e. The first-order valence-electron chi connectivity index (χ1n) is 14.1. The molecule has 0 aromatic heterocycles. The van der Waals surface area contributed by atoms with Gasteiger partial charge in [-0.2, -0.15) is 0 Å². The second-order valence-electron chi connectivity index (χ2n) is 10.8. The number of rotatable bonds is 11. The summed E-state index contributed by atoms with van der Waals surface area (Å²) in [7, 11) is 0. The summed E-state index contributed by atoms with van der Waals surface area (Å²) in [5.74, 6) is 0.541. The van der Waals surface area contributed by atoms with Gasteiger partial charge in [0.1, 0.15) is 11.8 Å². The van der Waals surface area contributed by atoms with E-state index in [1.807, 2.05) is 66.7 Å². The molecule has 1 aliphatic rings. The molecule has 212 valence electrons. The summed E-state index contributed by atoms with van der Waals surface area (Å²) in [6.45, 7) is 4.25. The number of carbonyl (C=O) groups is 2. The molecule has 1 N–H and O–H groups in total. The molecule has 1 aliphatic carbocycles. The molecular weight excluding hydrogens is 588 g/mol. The molecule has 0 radical (unpaired) electrons. The van der Waals surface area contributed by atoms with Crippen molar-refractivity contribution in [2.75, 3.05) is 6.61 Å². The fourth-order valence-electron chi connectivity index (χ4n) is 5.12. The lowest BCUT2D eigenvalue weighted by molar-refractivity contribution is -0.143. The molecule has 0 aliphatic heterocycles. The van der Waals surface area contributed by atoms with Crippen molar-refractivity contribution in [1.82, 2.24) is 10.2 Å². The van der Waals surface area contributed by atoms with Crippen LogP contribution in [0, 0.1) is 0 Å². The van der Waals surface area contributed by atoms with Gasteiger partial charge in [0.2, 0.25) is 5.91 Å². The van der Waals surface area contributed by atoms with Gasteiger partial charge in [0, 0.05) is 24.0 Å². The maximum atomic E-state index is 13.9. The van der Waals surface area contributed by atoms with Gasteiger partial charge in [-0.3, -0.25) is 9.59 Å². The van der Waals surface area contributed by atoms with E-state index in [0.717, 1.165) is 41.3 Å². The fraction of sp³-hybridized carbons (Fsp3) is 0.394. The number of benzene rings is 3. The van der Waals surface area contributed by atoms with Crippen LogP contribution in [0.3, 0.4) is 0 Å². The van der Waals surface area contributed by atoms with Crippen molar-refractivity contribution in [3.8, 4) is 5.75 Å². The monoisotopic (exact) mass is 624 g/mol. The Labute approximate surface area is 251 Å². The van der Waals surface area contributed by atoms with Gasteiger partial charge < -0.3 is 15.0 Å². The van der Waals surface area contributed by atoms with Crippen LogP contribution in [0.2, 0.25) is 5.02 Å². The number of ether oxygens (including phenoxy) is 1. The number of hydrogen-bond donors (Lipinski definition) is 1. The topological polar surface area (TPSA) is 58.6 Å². The molecule has 0 bridgehead atoms. The van der Waals surface area contributed by atoms with Gasteiger partial charge in [0.05, 0.1) is 4.47 Å². The van der Waals surface area contributed by atoms with Crippen molar-refractivity contribution in [3.05, 3.63) is 99.0 Å². The molecule has 1 unspecified atom stereocenters. The standard InChI is InChI=1S/C33H38BrClN2O3/c1-23(2)25-17-18-31(28(34)20-25)40-22-32(38)37(21-26-13-9-10-16-29(26)35)30(19-24-11-5-3-6-12-24)33(39)36-27-14-7-4-8-15-27/h3,5-6,9-13,16-18,20,23,27,30H,4,7-8,14-15,19,21-22H2,1-2H3,(H,36,39). The minimum absolute atomic E-state index is 0.128. The molecule has 40 heavy (non-hydrogen) atoms. The van der Waals surface area contributed by atoms with Crippen LogP contribution in [-0.2, 0) is 22.6 Å². The van der Waals surface area contributed by atoms with Gasteiger partial charge in [-0.25, -0.2) is 0 Å². The van der Waals surface area contributed by atoms with Gasteiger partial charge in [-0.05, 0) is 69.6 Å². The Morgan fingerprint density at radius 3 is 2.38 bits per heavy atom. The number of nitrogens with zero attached hydrogens (tertiary/aromatic N) is 1. The van der Waals surface area contributed by atoms with Crippen LogP contribution >= 0.6 is 27.5 Å². The predicted octanol–water partition coefficient (Wildman–Crippen LogP) is 7.69.